The molecule has 0 saturated heterocycles. The van der Waals surface area contributed by atoms with Crippen molar-refractivity contribution in [1.29, 1.82) is 0 Å². The summed E-state index contributed by atoms with van der Waals surface area (Å²) in [7, 11) is 0. The Morgan fingerprint density at radius 1 is 1.15 bits per heavy atom. The minimum absolute atomic E-state index is 0.130. The molecule has 0 aromatic heterocycles. The third-order valence-electron chi connectivity index (χ3n) is 3.14. The number of nitrogens with two attached hydrogens (primary N) is 1. The average molecular weight is 290 g/mol. The van der Waals surface area contributed by atoms with Gasteiger partial charge in [-0.15, -0.1) is 0 Å². The third kappa shape index (κ3) is 3.99. The molecule has 0 bridgehead atoms. The number of benzene rings is 2. The van der Waals surface area contributed by atoms with E-state index in [1.165, 1.54) is 5.56 Å². The molecular weight excluding hydrogens is 270 g/mol. The molecule has 3 heteroatoms. The molecular formula is C17H20ClNO. The van der Waals surface area contributed by atoms with Gasteiger partial charge in [0.05, 0.1) is 6.61 Å². The smallest absolute Gasteiger partial charge is 0.119 e. The van der Waals surface area contributed by atoms with Gasteiger partial charge in [0, 0.05) is 11.1 Å². The van der Waals surface area contributed by atoms with E-state index in [2.05, 4.69) is 19.1 Å². The SMILES string of the molecule is CCCOc1ccc(Cl)c(C(N)Cc2ccccc2)c1. The highest BCUT2D eigenvalue weighted by Gasteiger charge is 2.12. The van der Waals surface area contributed by atoms with Crippen LogP contribution in [0.15, 0.2) is 48.5 Å². The maximum atomic E-state index is 6.29. The summed E-state index contributed by atoms with van der Waals surface area (Å²) in [5.41, 5.74) is 8.42. The first-order valence-electron chi connectivity index (χ1n) is 6.92. The Balaban J connectivity index is 2.13. The first-order chi connectivity index (χ1) is 9.70. The minimum atomic E-state index is -0.130. The van der Waals surface area contributed by atoms with Gasteiger partial charge in [0.15, 0.2) is 0 Å². The summed E-state index contributed by atoms with van der Waals surface area (Å²) in [6.07, 6.45) is 1.74. The largest absolute Gasteiger partial charge is 0.494 e. The standard InChI is InChI=1S/C17H20ClNO/c1-2-10-20-14-8-9-16(18)15(12-14)17(19)11-13-6-4-3-5-7-13/h3-9,12,17H,2,10-11,19H2,1H3. The van der Waals surface area contributed by atoms with Crippen molar-refractivity contribution < 1.29 is 4.74 Å². The number of rotatable bonds is 6. The van der Waals surface area contributed by atoms with Crippen molar-refractivity contribution in [3.8, 4) is 5.75 Å². The first kappa shape index (κ1) is 14.9. The molecule has 0 heterocycles. The molecule has 20 heavy (non-hydrogen) atoms. The maximum Gasteiger partial charge on any atom is 0.119 e. The number of hydrogen-bond acceptors (Lipinski definition) is 2. The van der Waals surface area contributed by atoms with Crippen LogP contribution in [0.3, 0.4) is 0 Å². The van der Waals surface area contributed by atoms with Gasteiger partial charge in [-0.25, -0.2) is 0 Å². The third-order valence-corrected chi connectivity index (χ3v) is 3.48. The van der Waals surface area contributed by atoms with Crippen LogP contribution < -0.4 is 10.5 Å². The van der Waals surface area contributed by atoms with Crippen LogP contribution in [0.2, 0.25) is 5.02 Å². The van der Waals surface area contributed by atoms with E-state index in [-0.39, 0.29) is 6.04 Å². The van der Waals surface area contributed by atoms with Crippen molar-refractivity contribution in [1.82, 2.24) is 0 Å². The van der Waals surface area contributed by atoms with E-state index in [0.717, 1.165) is 24.2 Å². The van der Waals surface area contributed by atoms with Crippen LogP contribution in [0.4, 0.5) is 0 Å². The fourth-order valence-electron chi connectivity index (χ4n) is 2.09. The lowest BCUT2D eigenvalue weighted by molar-refractivity contribution is 0.317. The van der Waals surface area contributed by atoms with Crippen molar-refractivity contribution in [2.75, 3.05) is 6.61 Å². The van der Waals surface area contributed by atoms with Crippen LogP contribution in [0.5, 0.6) is 5.75 Å². The molecule has 0 fully saturated rings. The molecule has 0 aliphatic heterocycles. The summed E-state index contributed by atoms with van der Waals surface area (Å²) in [4.78, 5) is 0. The summed E-state index contributed by atoms with van der Waals surface area (Å²) < 4.78 is 5.64. The Morgan fingerprint density at radius 3 is 2.60 bits per heavy atom. The van der Waals surface area contributed by atoms with E-state index in [1.54, 1.807) is 0 Å². The van der Waals surface area contributed by atoms with Crippen LogP contribution in [0.1, 0.15) is 30.5 Å². The Morgan fingerprint density at radius 2 is 1.90 bits per heavy atom. The molecule has 0 aliphatic carbocycles. The monoisotopic (exact) mass is 289 g/mol. The van der Waals surface area contributed by atoms with Gasteiger partial charge in [0.1, 0.15) is 5.75 Å². The van der Waals surface area contributed by atoms with Crippen LogP contribution in [-0.4, -0.2) is 6.61 Å². The Labute approximate surface area is 125 Å². The Kier molecular flexibility index (Phi) is 5.45. The lowest BCUT2D eigenvalue weighted by Crippen LogP contribution is -2.14. The van der Waals surface area contributed by atoms with Gasteiger partial charge < -0.3 is 10.5 Å². The highest BCUT2D eigenvalue weighted by molar-refractivity contribution is 6.31. The van der Waals surface area contributed by atoms with E-state index >= 15 is 0 Å². The predicted molar refractivity (Wildman–Crippen MR) is 84.3 cm³/mol. The Bertz CT molecular complexity index is 542. The average Bonchev–Trinajstić information content (AvgIpc) is 2.47. The van der Waals surface area contributed by atoms with Crippen molar-refractivity contribution >= 4 is 11.6 Å². The van der Waals surface area contributed by atoms with Gasteiger partial charge in [-0.3, -0.25) is 0 Å². The van der Waals surface area contributed by atoms with E-state index in [0.29, 0.717) is 11.6 Å². The highest BCUT2D eigenvalue weighted by atomic mass is 35.5. The summed E-state index contributed by atoms with van der Waals surface area (Å²) >= 11 is 6.26. The lowest BCUT2D eigenvalue weighted by atomic mass is 9.99. The zero-order chi connectivity index (χ0) is 14.4. The van der Waals surface area contributed by atoms with Gasteiger partial charge in [0.2, 0.25) is 0 Å². The van der Waals surface area contributed by atoms with Crippen molar-refractivity contribution in [2.45, 2.75) is 25.8 Å². The van der Waals surface area contributed by atoms with Crippen LogP contribution >= 0.6 is 11.6 Å². The van der Waals surface area contributed by atoms with E-state index in [9.17, 15) is 0 Å². The molecule has 0 amide bonds. The number of hydrogen-bond donors (Lipinski definition) is 1. The number of halogens is 1. The second kappa shape index (κ2) is 7.32. The molecule has 1 unspecified atom stereocenters. The molecule has 2 aromatic carbocycles. The van der Waals surface area contributed by atoms with Crippen molar-refractivity contribution in [3.63, 3.8) is 0 Å². The van der Waals surface area contributed by atoms with Gasteiger partial charge in [-0.05, 0) is 42.2 Å². The fraction of sp³-hybridized carbons (Fsp3) is 0.294. The Hall–Kier alpha value is -1.51. The highest BCUT2D eigenvalue weighted by Crippen LogP contribution is 2.28. The molecule has 106 valence electrons. The zero-order valence-electron chi connectivity index (χ0n) is 11.7. The summed E-state index contributed by atoms with van der Waals surface area (Å²) in [6.45, 7) is 2.78. The fourth-order valence-corrected chi connectivity index (χ4v) is 2.35. The van der Waals surface area contributed by atoms with Crippen LogP contribution in [0, 0.1) is 0 Å². The molecule has 2 nitrogen and oxygen atoms in total. The molecule has 0 radical (unpaired) electrons. The van der Waals surface area contributed by atoms with Crippen LogP contribution in [0.25, 0.3) is 0 Å². The van der Waals surface area contributed by atoms with E-state index in [4.69, 9.17) is 22.1 Å². The van der Waals surface area contributed by atoms with Gasteiger partial charge >= 0.3 is 0 Å². The molecule has 2 rings (SSSR count). The van der Waals surface area contributed by atoms with Gasteiger partial charge in [-0.2, -0.15) is 0 Å². The summed E-state index contributed by atoms with van der Waals surface area (Å²) in [5.74, 6) is 0.828. The van der Waals surface area contributed by atoms with E-state index < -0.39 is 0 Å². The maximum absolute atomic E-state index is 6.29. The molecule has 0 spiro atoms. The summed E-state index contributed by atoms with van der Waals surface area (Å²) in [6, 6.07) is 15.7. The molecule has 2 N–H and O–H groups in total. The molecule has 2 aromatic rings. The van der Waals surface area contributed by atoms with Crippen molar-refractivity contribution in [2.24, 2.45) is 5.73 Å². The molecule has 0 saturated carbocycles. The second-order valence-corrected chi connectivity index (χ2v) is 5.24. The normalized spacial score (nSPS) is 12.2. The van der Waals surface area contributed by atoms with Crippen LogP contribution in [-0.2, 0) is 6.42 Å². The quantitative estimate of drug-likeness (QED) is 0.857. The molecule has 0 aliphatic rings. The van der Waals surface area contributed by atoms with Crippen molar-refractivity contribution in [3.05, 3.63) is 64.7 Å². The lowest BCUT2D eigenvalue weighted by Gasteiger charge is -2.15. The zero-order valence-corrected chi connectivity index (χ0v) is 12.4. The second-order valence-electron chi connectivity index (χ2n) is 4.83. The predicted octanol–water partition coefficient (Wildman–Crippen LogP) is 4.37. The molecule has 1 atom stereocenters. The summed E-state index contributed by atoms with van der Waals surface area (Å²) in [5, 5.41) is 0.692. The van der Waals surface area contributed by atoms with E-state index in [1.807, 2.05) is 36.4 Å². The first-order valence-corrected chi connectivity index (χ1v) is 7.30. The topological polar surface area (TPSA) is 35.2 Å². The minimum Gasteiger partial charge on any atom is -0.494 e. The van der Waals surface area contributed by atoms with Gasteiger partial charge in [0.25, 0.3) is 0 Å². The number of ether oxygens (including phenoxy) is 1. The van der Waals surface area contributed by atoms with Gasteiger partial charge in [-0.1, -0.05) is 48.9 Å².